The van der Waals surface area contributed by atoms with E-state index in [0.29, 0.717) is 23.8 Å². The lowest BCUT2D eigenvalue weighted by Gasteiger charge is -2.34. The van der Waals surface area contributed by atoms with Crippen LogP contribution in [0.2, 0.25) is 0 Å². The van der Waals surface area contributed by atoms with E-state index in [-0.39, 0.29) is 0 Å². The molecule has 1 N–H and O–H groups in total. The van der Waals surface area contributed by atoms with E-state index in [9.17, 15) is 0 Å². The summed E-state index contributed by atoms with van der Waals surface area (Å²) in [5, 5.41) is 3.33. The Morgan fingerprint density at radius 2 is 1.94 bits per heavy atom. The van der Waals surface area contributed by atoms with Crippen LogP contribution in [0.4, 0.5) is 5.95 Å². The fraction of sp³-hybridized carbons (Fsp3) is 0.636. The van der Waals surface area contributed by atoms with Crippen molar-refractivity contribution in [3.05, 3.63) is 6.07 Å². The van der Waals surface area contributed by atoms with Gasteiger partial charge in [0.1, 0.15) is 0 Å². The lowest BCUT2D eigenvalue weighted by atomic mass is 10.2. The molecule has 1 aromatic heterocycles. The largest absolute Gasteiger partial charge is 0.481 e. The zero-order valence-corrected chi connectivity index (χ0v) is 10.4. The molecule has 6 nitrogen and oxygen atoms in total. The molecule has 94 valence electrons. The van der Waals surface area contributed by atoms with E-state index < -0.39 is 0 Å². The molecule has 1 fully saturated rings. The first-order valence-corrected chi connectivity index (χ1v) is 5.69. The van der Waals surface area contributed by atoms with Gasteiger partial charge in [0.2, 0.25) is 17.7 Å². The molecule has 0 bridgehead atoms. The smallest absolute Gasteiger partial charge is 0.232 e. The summed E-state index contributed by atoms with van der Waals surface area (Å²) in [5.41, 5.74) is 0. The maximum absolute atomic E-state index is 5.15. The molecule has 1 aliphatic heterocycles. The average molecular weight is 238 g/mol. The van der Waals surface area contributed by atoms with E-state index in [2.05, 4.69) is 27.1 Å². The summed E-state index contributed by atoms with van der Waals surface area (Å²) in [5.74, 6) is 1.71. The van der Waals surface area contributed by atoms with Gasteiger partial charge in [0.05, 0.1) is 20.3 Å². The highest BCUT2D eigenvalue weighted by atomic mass is 16.5. The van der Waals surface area contributed by atoms with Crippen LogP contribution in [0.15, 0.2) is 6.07 Å². The second-order valence-corrected chi connectivity index (χ2v) is 4.00. The second kappa shape index (κ2) is 5.18. The average Bonchev–Trinajstić information content (AvgIpc) is 2.38. The summed E-state index contributed by atoms with van der Waals surface area (Å²) in [6.07, 6.45) is 0. The molecule has 0 aliphatic carbocycles. The molecule has 0 amide bonds. The van der Waals surface area contributed by atoms with Gasteiger partial charge in [-0.15, -0.1) is 0 Å². The van der Waals surface area contributed by atoms with Crippen LogP contribution in [0.5, 0.6) is 11.8 Å². The summed E-state index contributed by atoms with van der Waals surface area (Å²) in [4.78, 5) is 10.9. The Balaban J connectivity index is 2.29. The van der Waals surface area contributed by atoms with E-state index >= 15 is 0 Å². The molecular formula is C11H18N4O2. The van der Waals surface area contributed by atoms with Gasteiger partial charge in [-0.3, -0.25) is 0 Å². The second-order valence-electron chi connectivity index (χ2n) is 4.00. The predicted molar refractivity (Wildman–Crippen MR) is 64.8 cm³/mol. The number of nitrogens with one attached hydrogen (secondary N) is 1. The number of aromatic nitrogens is 2. The molecule has 0 radical (unpaired) electrons. The monoisotopic (exact) mass is 238 g/mol. The van der Waals surface area contributed by atoms with Gasteiger partial charge in [-0.1, -0.05) is 0 Å². The van der Waals surface area contributed by atoms with Crippen LogP contribution in [-0.2, 0) is 0 Å². The van der Waals surface area contributed by atoms with Crippen LogP contribution in [0, 0.1) is 0 Å². The molecule has 1 aliphatic rings. The maximum atomic E-state index is 5.15. The highest BCUT2D eigenvalue weighted by molar-refractivity contribution is 5.38. The number of methoxy groups -OCH3 is 2. The number of hydrogen-bond donors (Lipinski definition) is 1. The zero-order valence-electron chi connectivity index (χ0n) is 10.4. The minimum absolute atomic E-state index is 0.362. The summed E-state index contributed by atoms with van der Waals surface area (Å²) in [7, 11) is 3.18. The highest BCUT2D eigenvalue weighted by Gasteiger charge is 2.21. The molecule has 17 heavy (non-hydrogen) atoms. The Bertz CT molecular complexity index is 363. The standard InChI is InChI=1S/C11H18N4O2/c1-8-7-12-4-5-15(8)11-13-9(16-2)6-10(14-11)17-3/h6,8,12H,4-5,7H2,1-3H3. The van der Waals surface area contributed by atoms with Crippen LogP contribution in [0.25, 0.3) is 0 Å². The molecule has 1 aromatic rings. The van der Waals surface area contributed by atoms with E-state index in [0.717, 1.165) is 19.6 Å². The molecule has 0 saturated carbocycles. The lowest BCUT2D eigenvalue weighted by molar-refractivity contribution is 0.369. The van der Waals surface area contributed by atoms with E-state index in [1.54, 1.807) is 20.3 Å². The number of anilines is 1. The molecule has 0 aromatic carbocycles. The number of nitrogens with zero attached hydrogens (tertiary/aromatic N) is 3. The normalized spacial score (nSPS) is 20.2. The molecule has 2 heterocycles. The molecule has 6 heteroatoms. The van der Waals surface area contributed by atoms with Crippen molar-refractivity contribution in [2.45, 2.75) is 13.0 Å². The summed E-state index contributed by atoms with van der Waals surface area (Å²) in [6, 6.07) is 2.04. The Hall–Kier alpha value is -1.56. The van der Waals surface area contributed by atoms with Crippen molar-refractivity contribution in [1.82, 2.24) is 15.3 Å². The zero-order chi connectivity index (χ0) is 12.3. The first kappa shape index (κ1) is 11.9. The Kier molecular flexibility index (Phi) is 3.63. The van der Waals surface area contributed by atoms with Gasteiger partial charge in [0.15, 0.2) is 0 Å². The SMILES string of the molecule is COc1cc(OC)nc(N2CCNCC2C)n1. The Morgan fingerprint density at radius 1 is 1.29 bits per heavy atom. The first-order chi connectivity index (χ1) is 8.24. The molecule has 1 atom stereocenters. The van der Waals surface area contributed by atoms with Crippen molar-refractivity contribution in [3.8, 4) is 11.8 Å². The minimum Gasteiger partial charge on any atom is -0.481 e. The van der Waals surface area contributed by atoms with Crippen LogP contribution in [0.3, 0.4) is 0 Å². The minimum atomic E-state index is 0.362. The molecule has 0 spiro atoms. The van der Waals surface area contributed by atoms with Gasteiger partial charge in [-0.05, 0) is 6.92 Å². The van der Waals surface area contributed by atoms with Crippen LogP contribution >= 0.6 is 0 Å². The van der Waals surface area contributed by atoms with Crippen LogP contribution in [-0.4, -0.2) is 49.9 Å². The lowest BCUT2D eigenvalue weighted by Crippen LogP contribution is -2.50. The van der Waals surface area contributed by atoms with E-state index in [4.69, 9.17) is 9.47 Å². The Morgan fingerprint density at radius 3 is 2.47 bits per heavy atom. The first-order valence-electron chi connectivity index (χ1n) is 5.69. The number of piperazine rings is 1. The van der Waals surface area contributed by atoms with Crippen molar-refractivity contribution >= 4 is 5.95 Å². The van der Waals surface area contributed by atoms with Crippen LogP contribution < -0.4 is 19.7 Å². The highest BCUT2D eigenvalue weighted by Crippen LogP contribution is 2.21. The van der Waals surface area contributed by atoms with Gasteiger partial charge in [0.25, 0.3) is 0 Å². The van der Waals surface area contributed by atoms with Crippen molar-refractivity contribution in [2.24, 2.45) is 0 Å². The molecular weight excluding hydrogens is 220 g/mol. The summed E-state index contributed by atoms with van der Waals surface area (Å²) in [6.45, 7) is 4.90. The molecule has 1 unspecified atom stereocenters. The van der Waals surface area contributed by atoms with Crippen molar-refractivity contribution in [3.63, 3.8) is 0 Å². The number of hydrogen-bond acceptors (Lipinski definition) is 6. The Labute approximate surface area is 101 Å². The van der Waals surface area contributed by atoms with Gasteiger partial charge < -0.3 is 19.7 Å². The van der Waals surface area contributed by atoms with Crippen molar-refractivity contribution < 1.29 is 9.47 Å². The molecule has 2 rings (SSSR count). The van der Waals surface area contributed by atoms with Crippen molar-refractivity contribution in [2.75, 3.05) is 38.8 Å². The van der Waals surface area contributed by atoms with Gasteiger partial charge in [-0.25, -0.2) is 0 Å². The third kappa shape index (κ3) is 2.58. The van der Waals surface area contributed by atoms with E-state index in [1.807, 2.05) is 0 Å². The molecule has 1 saturated heterocycles. The van der Waals surface area contributed by atoms with Crippen molar-refractivity contribution in [1.29, 1.82) is 0 Å². The number of rotatable bonds is 3. The van der Waals surface area contributed by atoms with Gasteiger partial charge in [-0.2, -0.15) is 9.97 Å². The van der Waals surface area contributed by atoms with Gasteiger partial charge in [0, 0.05) is 25.7 Å². The third-order valence-electron chi connectivity index (χ3n) is 2.84. The van der Waals surface area contributed by atoms with Gasteiger partial charge >= 0.3 is 0 Å². The van der Waals surface area contributed by atoms with E-state index in [1.165, 1.54) is 0 Å². The topological polar surface area (TPSA) is 59.5 Å². The summed E-state index contributed by atoms with van der Waals surface area (Å²) < 4.78 is 10.3. The summed E-state index contributed by atoms with van der Waals surface area (Å²) >= 11 is 0. The predicted octanol–water partition coefficient (Wildman–Crippen LogP) is 0.292. The third-order valence-corrected chi connectivity index (χ3v) is 2.84. The van der Waals surface area contributed by atoms with Crippen LogP contribution in [0.1, 0.15) is 6.92 Å². The maximum Gasteiger partial charge on any atom is 0.232 e. The fourth-order valence-corrected chi connectivity index (χ4v) is 1.87. The fourth-order valence-electron chi connectivity index (χ4n) is 1.87. The number of ether oxygens (including phenoxy) is 2. The quantitative estimate of drug-likeness (QED) is 0.817.